The standard InChI is InChI=1S/C27H25N9/c1-17-14-36(16-30-17)27-20-11-24(31-22(20)6-7-29-27)26-25-23(33-34-26)5-4-21(32-25)19-10-18(12-28-13-19)15-35-8-2-3-9-35/h4-7,10-14,16,31H,2-3,8-9,15H2,1H3,(H,33,34). The quantitative estimate of drug-likeness (QED) is 0.376. The fourth-order valence-electron chi connectivity index (χ4n) is 5.07. The SMILES string of the molecule is Cc1cn(-c2nccc3[nH]c(-c4n[nH]c5ccc(-c6cncc(CN7CCCC7)c6)nc45)cc23)cn1. The van der Waals surface area contributed by atoms with Gasteiger partial charge >= 0.3 is 0 Å². The summed E-state index contributed by atoms with van der Waals surface area (Å²) >= 11 is 0. The number of hydrogen-bond acceptors (Lipinski definition) is 6. The summed E-state index contributed by atoms with van der Waals surface area (Å²) in [6.07, 6.45) is 12.0. The highest BCUT2D eigenvalue weighted by Crippen LogP contribution is 2.31. The van der Waals surface area contributed by atoms with Gasteiger partial charge in [0.15, 0.2) is 0 Å². The first-order chi connectivity index (χ1) is 17.7. The van der Waals surface area contributed by atoms with Crippen LogP contribution in [0.25, 0.3) is 50.4 Å². The van der Waals surface area contributed by atoms with Crippen molar-refractivity contribution in [2.75, 3.05) is 13.1 Å². The summed E-state index contributed by atoms with van der Waals surface area (Å²) in [5, 5.41) is 8.74. The van der Waals surface area contributed by atoms with Crippen LogP contribution in [0, 0.1) is 6.92 Å². The van der Waals surface area contributed by atoms with Crippen molar-refractivity contribution in [2.24, 2.45) is 0 Å². The van der Waals surface area contributed by atoms with Crippen molar-refractivity contribution < 1.29 is 0 Å². The number of aryl methyl sites for hydroxylation is 1. The van der Waals surface area contributed by atoms with Gasteiger partial charge in [-0.1, -0.05) is 0 Å². The Morgan fingerprint density at radius 3 is 2.78 bits per heavy atom. The zero-order valence-corrected chi connectivity index (χ0v) is 19.9. The lowest BCUT2D eigenvalue weighted by molar-refractivity contribution is 0.331. The van der Waals surface area contributed by atoms with E-state index in [0.717, 1.165) is 75.7 Å². The number of pyridine rings is 3. The Balaban J connectivity index is 1.28. The van der Waals surface area contributed by atoms with E-state index < -0.39 is 0 Å². The number of nitrogens with one attached hydrogen (secondary N) is 2. The topological polar surface area (TPSA) is 104 Å². The second-order valence-corrected chi connectivity index (χ2v) is 9.43. The van der Waals surface area contributed by atoms with Crippen LogP contribution < -0.4 is 0 Å². The Morgan fingerprint density at radius 2 is 1.92 bits per heavy atom. The van der Waals surface area contributed by atoms with E-state index in [4.69, 9.17) is 4.98 Å². The van der Waals surface area contributed by atoms with Gasteiger partial charge in [0.2, 0.25) is 0 Å². The first-order valence-electron chi connectivity index (χ1n) is 12.2. The summed E-state index contributed by atoms with van der Waals surface area (Å²) in [5.74, 6) is 0.824. The van der Waals surface area contributed by atoms with Gasteiger partial charge in [-0.3, -0.25) is 19.5 Å². The number of aromatic nitrogens is 8. The lowest BCUT2D eigenvalue weighted by atomic mass is 10.1. The molecule has 0 unspecified atom stereocenters. The fraction of sp³-hybridized carbons (Fsp3) is 0.222. The second kappa shape index (κ2) is 8.39. The molecule has 0 amide bonds. The van der Waals surface area contributed by atoms with E-state index in [1.165, 1.54) is 18.4 Å². The van der Waals surface area contributed by atoms with E-state index >= 15 is 0 Å². The molecule has 0 saturated carbocycles. The molecule has 7 rings (SSSR count). The molecular weight excluding hydrogens is 450 g/mol. The predicted octanol–water partition coefficient (Wildman–Crippen LogP) is 4.65. The minimum Gasteiger partial charge on any atom is -0.353 e. The average Bonchev–Trinajstić information content (AvgIpc) is 3.70. The number of nitrogens with zero attached hydrogens (tertiary/aromatic N) is 7. The Hall–Kier alpha value is -4.37. The van der Waals surface area contributed by atoms with Gasteiger partial charge in [0.05, 0.1) is 28.1 Å². The minimum absolute atomic E-state index is 0.775. The van der Waals surface area contributed by atoms with E-state index in [1.807, 2.05) is 48.3 Å². The maximum atomic E-state index is 5.01. The first kappa shape index (κ1) is 21.0. The van der Waals surface area contributed by atoms with Crippen molar-refractivity contribution in [1.82, 2.24) is 44.6 Å². The number of likely N-dealkylation sites (tertiary alicyclic amines) is 1. The molecule has 0 aromatic carbocycles. The van der Waals surface area contributed by atoms with Crippen molar-refractivity contribution in [3.8, 4) is 28.5 Å². The Labute approximate surface area is 207 Å². The summed E-state index contributed by atoms with van der Waals surface area (Å²) in [4.78, 5) is 24.4. The number of H-pyrrole nitrogens is 2. The van der Waals surface area contributed by atoms with Crippen molar-refractivity contribution in [1.29, 1.82) is 0 Å². The molecule has 178 valence electrons. The fourth-order valence-corrected chi connectivity index (χ4v) is 5.07. The van der Waals surface area contributed by atoms with E-state index in [1.54, 1.807) is 12.5 Å². The second-order valence-electron chi connectivity index (χ2n) is 9.43. The van der Waals surface area contributed by atoms with Gasteiger partial charge in [0, 0.05) is 42.3 Å². The molecule has 9 nitrogen and oxygen atoms in total. The van der Waals surface area contributed by atoms with Gasteiger partial charge in [-0.25, -0.2) is 15.0 Å². The number of hydrogen-bond donors (Lipinski definition) is 2. The van der Waals surface area contributed by atoms with Crippen molar-refractivity contribution in [2.45, 2.75) is 26.3 Å². The normalized spacial score (nSPS) is 14.4. The van der Waals surface area contributed by atoms with Crippen LogP contribution >= 0.6 is 0 Å². The lowest BCUT2D eigenvalue weighted by Gasteiger charge is -2.14. The smallest absolute Gasteiger partial charge is 0.147 e. The largest absolute Gasteiger partial charge is 0.353 e. The van der Waals surface area contributed by atoms with Gasteiger partial charge < -0.3 is 4.98 Å². The van der Waals surface area contributed by atoms with Crippen molar-refractivity contribution >= 4 is 21.9 Å². The number of fused-ring (bicyclic) bond motifs is 2. The summed E-state index contributed by atoms with van der Waals surface area (Å²) in [7, 11) is 0. The molecule has 7 heterocycles. The highest BCUT2D eigenvalue weighted by atomic mass is 15.1. The third-order valence-corrected chi connectivity index (χ3v) is 6.84. The van der Waals surface area contributed by atoms with Gasteiger partial charge in [-0.2, -0.15) is 5.10 Å². The van der Waals surface area contributed by atoms with Crippen LogP contribution in [0.3, 0.4) is 0 Å². The van der Waals surface area contributed by atoms with Gasteiger partial charge in [0.25, 0.3) is 0 Å². The third kappa shape index (κ3) is 3.64. The maximum absolute atomic E-state index is 5.01. The van der Waals surface area contributed by atoms with E-state index in [-0.39, 0.29) is 0 Å². The minimum atomic E-state index is 0.775. The average molecular weight is 476 g/mol. The molecule has 6 aromatic rings. The first-order valence-corrected chi connectivity index (χ1v) is 12.2. The number of aromatic amines is 2. The van der Waals surface area contributed by atoms with Crippen LogP contribution in [-0.2, 0) is 6.54 Å². The van der Waals surface area contributed by atoms with E-state index in [9.17, 15) is 0 Å². The summed E-state index contributed by atoms with van der Waals surface area (Å²) < 4.78 is 1.94. The van der Waals surface area contributed by atoms with Gasteiger partial charge in [-0.15, -0.1) is 0 Å². The molecule has 0 radical (unpaired) electrons. The Kier molecular flexibility index (Phi) is 4.88. The molecule has 0 bridgehead atoms. The molecule has 1 aliphatic heterocycles. The van der Waals surface area contributed by atoms with E-state index in [2.05, 4.69) is 47.2 Å². The molecule has 1 aliphatic rings. The lowest BCUT2D eigenvalue weighted by Crippen LogP contribution is -2.18. The van der Waals surface area contributed by atoms with Gasteiger partial charge in [0.1, 0.15) is 23.4 Å². The molecular formula is C27H25N9. The highest BCUT2D eigenvalue weighted by Gasteiger charge is 2.17. The molecule has 2 N–H and O–H groups in total. The summed E-state index contributed by atoms with van der Waals surface area (Å²) in [6, 6.07) is 10.3. The molecule has 9 heteroatoms. The molecule has 1 fully saturated rings. The zero-order chi connectivity index (χ0) is 24.1. The summed E-state index contributed by atoms with van der Waals surface area (Å²) in [5.41, 5.74) is 8.40. The van der Waals surface area contributed by atoms with Crippen LogP contribution in [0.1, 0.15) is 24.1 Å². The molecule has 36 heavy (non-hydrogen) atoms. The highest BCUT2D eigenvalue weighted by molar-refractivity contribution is 5.96. The predicted molar refractivity (Wildman–Crippen MR) is 139 cm³/mol. The number of rotatable bonds is 5. The van der Waals surface area contributed by atoms with Crippen LogP contribution in [0.2, 0.25) is 0 Å². The van der Waals surface area contributed by atoms with Gasteiger partial charge in [-0.05, 0) is 68.8 Å². The molecule has 0 atom stereocenters. The number of imidazole rings is 1. The van der Waals surface area contributed by atoms with Crippen molar-refractivity contribution in [3.05, 3.63) is 72.7 Å². The van der Waals surface area contributed by atoms with E-state index in [0.29, 0.717) is 0 Å². The molecule has 0 spiro atoms. The Bertz CT molecular complexity index is 1700. The van der Waals surface area contributed by atoms with Crippen LogP contribution in [0.4, 0.5) is 0 Å². The monoisotopic (exact) mass is 475 g/mol. The third-order valence-electron chi connectivity index (χ3n) is 6.84. The van der Waals surface area contributed by atoms with Crippen molar-refractivity contribution in [3.63, 3.8) is 0 Å². The van der Waals surface area contributed by atoms with Crippen LogP contribution in [0.5, 0.6) is 0 Å². The molecule has 6 aromatic heterocycles. The van der Waals surface area contributed by atoms with Crippen LogP contribution in [0.15, 0.2) is 61.4 Å². The van der Waals surface area contributed by atoms with Crippen LogP contribution in [-0.4, -0.2) is 57.7 Å². The maximum Gasteiger partial charge on any atom is 0.147 e. The zero-order valence-electron chi connectivity index (χ0n) is 19.9. The molecule has 0 aliphatic carbocycles. The Morgan fingerprint density at radius 1 is 1.00 bits per heavy atom. The summed E-state index contributed by atoms with van der Waals surface area (Å²) in [6.45, 7) is 5.22. The molecule has 1 saturated heterocycles.